The van der Waals surface area contributed by atoms with Gasteiger partial charge < -0.3 is 5.32 Å². The number of carbonyl (C=O) groups is 2. The van der Waals surface area contributed by atoms with Crippen LogP contribution in [0.1, 0.15) is 30.0 Å². The summed E-state index contributed by atoms with van der Waals surface area (Å²) in [6, 6.07) is 18.9. The molecule has 2 amide bonds. The molecule has 0 radical (unpaired) electrons. The molecule has 0 aromatic heterocycles. The highest BCUT2D eigenvalue weighted by molar-refractivity contribution is 8.15. The molecule has 2 aliphatic rings. The van der Waals surface area contributed by atoms with Crippen LogP contribution in [-0.4, -0.2) is 33.0 Å². The molecule has 10 heteroatoms. The highest BCUT2D eigenvalue weighted by atomic mass is 35.5. The number of benzene rings is 3. The smallest absolute Gasteiger partial charge is 0.262 e. The van der Waals surface area contributed by atoms with Crippen molar-refractivity contribution in [1.82, 2.24) is 5.01 Å². The zero-order valence-corrected chi connectivity index (χ0v) is 20.3. The minimum atomic E-state index is -0.767. The molecule has 2 heterocycles. The second-order valence-corrected chi connectivity index (χ2v) is 9.85. The van der Waals surface area contributed by atoms with Gasteiger partial charge >= 0.3 is 0 Å². The molecule has 1 N–H and O–H groups in total. The highest BCUT2D eigenvalue weighted by Gasteiger charge is 2.39. The number of nitrogens with one attached hydrogen (secondary N) is 1. The second-order valence-electron chi connectivity index (χ2n) is 8.24. The summed E-state index contributed by atoms with van der Waals surface area (Å²) in [6.45, 7) is 0. The summed E-state index contributed by atoms with van der Waals surface area (Å²) in [5.74, 6) is -1.87. The average Bonchev–Trinajstić information content (AvgIpc) is 3.45. The van der Waals surface area contributed by atoms with Gasteiger partial charge in [-0.3, -0.25) is 9.59 Å². The number of halogens is 3. The lowest BCUT2D eigenvalue weighted by atomic mass is 9.98. The van der Waals surface area contributed by atoms with Gasteiger partial charge in [-0.25, -0.2) is 13.8 Å². The van der Waals surface area contributed by atoms with Gasteiger partial charge in [0, 0.05) is 17.9 Å². The van der Waals surface area contributed by atoms with Gasteiger partial charge in [-0.2, -0.15) is 10.1 Å². The van der Waals surface area contributed by atoms with E-state index in [2.05, 4.69) is 10.3 Å². The first kappa shape index (κ1) is 24.1. The third-order valence-electron chi connectivity index (χ3n) is 5.76. The minimum Gasteiger partial charge on any atom is -0.324 e. The number of hydrazone groups is 1. The van der Waals surface area contributed by atoms with Crippen LogP contribution >= 0.6 is 23.4 Å². The van der Waals surface area contributed by atoms with Crippen LogP contribution in [0.25, 0.3) is 0 Å². The summed E-state index contributed by atoms with van der Waals surface area (Å²) >= 11 is 7.36. The monoisotopic (exact) mass is 524 g/mol. The summed E-state index contributed by atoms with van der Waals surface area (Å²) in [5.41, 5.74) is 2.38. The zero-order chi connectivity index (χ0) is 25.2. The molecular formula is C26H19ClF2N4O2S. The molecule has 0 saturated carbocycles. The van der Waals surface area contributed by atoms with Crippen molar-refractivity contribution < 1.29 is 18.4 Å². The first-order chi connectivity index (χ1) is 17.4. The van der Waals surface area contributed by atoms with Gasteiger partial charge in [0.05, 0.1) is 17.4 Å². The van der Waals surface area contributed by atoms with Crippen molar-refractivity contribution in [3.8, 4) is 0 Å². The van der Waals surface area contributed by atoms with E-state index in [4.69, 9.17) is 16.7 Å². The molecule has 2 aliphatic heterocycles. The summed E-state index contributed by atoms with van der Waals surface area (Å²) < 4.78 is 27.3. The van der Waals surface area contributed by atoms with Crippen LogP contribution in [0.15, 0.2) is 82.9 Å². The summed E-state index contributed by atoms with van der Waals surface area (Å²) in [5, 5.41) is 9.01. The molecule has 0 saturated heterocycles. The SMILES string of the molecule is O=C(C[C@H]1SC(N2N=C(c3ccc(F)cc3)C[C@@H]2c2cccc(Cl)c2)=NC1=O)Nc1ccccc1F. The van der Waals surface area contributed by atoms with Crippen molar-refractivity contribution in [2.75, 3.05) is 5.32 Å². The van der Waals surface area contributed by atoms with E-state index in [0.29, 0.717) is 22.3 Å². The topological polar surface area (TPSA) is 74.1 Å². The maximum absolute atomic E-state index is 13.9. The predicted octanol–water partition coefficient (Wildman–Crippen LogP) is 5.80. The van der Waals surface area contributed by atoms with Crippen LogP contribution < -0.4 is 5.32 Å². The Labute approximate surface area is 215 Å². The Hall–Kier alpha value is -3.56. The van der Waals surface area contributed by atoms with E-state index in [9.17, 15) is 18.4 Å². The van der Waals surface area contributed by atoms with E-state index < -0.39 is 22.9 Å². The summed E-state index contributed by atoms with van der Waals surface area (Å²) in [7, 11) is 0. The first-order valence-corrected chi connectivity index (χ1v) is 12.3. The van der Waals surface area contributed by atoms with Crippen LogP contribution in [0.5, 0.6) is 0 Å². The number of hydrogen-bond donors (Lipinski definition) is 1. The Kier molecular flexibility index (Phi) is 6.84. The Morgan fingerprint density at radius 2 is 1.86 bits per heavy atom. The Bertz CT molecular complexity index is 1400. The van der Waals surface area contributed by atoms with Crippen LogP contribution in [0.2, 0.25) is 5.02 Å². The fourth-order valence-corrected chi connectivity index (χ4v) is 5.27. The van der Waals surface area contributed by atoms with E-state index in [1.54, 1.807) is 29.3 Å². The van der Waals surface area contributed by atoms with Gasteiger partial charge in [0.1, 0.15) is 16.9 Å². The fourth-order valence-electron chi connectivity index (χ4n) is 4.01. The zero-order valence-electron chi connectivity index (χ0n) is 18.7. The largest absolute Gasteiger partial charge is 0.324 e. The number of amidine groups is 1. The van der Waals surface area contributed by atoms with Crippen LogP contribution in [0.3, 0.4) is 0 Å². The Morgan fingerprint density at radius 1 is 1.08 bits per heavy atom. The standard InChI is InChI=1S/C26H19ClF2N4O2S/c27-17-5-3-4-16(12-17)22-13-21(15-8-10-18(28)11-9-15)32-33(22)26-31-25(35)23(36-26)14-24(34)30-20-7-2-1-6-19(20)29/h1-12,22-23H,13-14H2,(H,30,34)/t22-,23-/m1/s1. The Morgan fingerprint density at radius 3 is 2.61 bits per heavy atom. The molecule has 0 fully saturated rings. The third kappa shape index (κ3) is 5.17. The van der Waals surface area contributed by atoms with Gasteiger partial charge in [0.25, 0.3) is 5.91 Å². The van der Waals surface area contributed by atoms with Crippen LogP contribution in [0, 0.1) is 11.6 Å². The number of hydrogen-bond acceptors (Lipinski definition) is 5. The number of thioether (sulfide) groups is 1. The molecule has 182 valence electrons. The highest BCUT2D eigenvalue weighted by Crippen LogP contribution is 2.39. The van der Waals surface area contributed by atoms with Crippen LogP contribution in [0.4, 0.5) is 14.5 Å². The molecular weight excluding hydrogens is 506 g/mol. The van der Waals surface area contributed by atoms with Crippen molar-refractivity contribution >= 4 is 51.7 Å². The molecule has 3 aromatic rings. The number of aliphatic imine (C=N–C) groups is 1. The maximum Gasteiger partial charge on any atom is 0.262 e. The second kappa shape index (κ2) is 10.2. The molecule has 0 bridgehead atoms. The van der Waals surface area contributed by atoms with Gasteiger partial charge in [-0.1, -0.05) is 59.8 Å². The van der Waals surface area contributed by atoms with Crippen molar-refractivity contribution in [3.05, 3.63) is 101 Å². The normalized spacial score (nSPS) is 19.3. The lowest BCUT2D eigenvalue weighted by molar-refractivity contribution is -0.121. The van der Waals surface area contributed by atoms with E-state index in [-0.39, 0.29) is 24.0 Å². The molecule has 3 aromatic carbocycles. The lowest BCUT2D eigenvalue weighted by Crippen LogP contribution is -2.25. The van der Waals surface area contributed by atoms with E-state index in [1.807, 2.05) is 18.2 Å². The summed E-state index contributed by atoms with van der Waals surface area (Å²) in [4.78, 5) is 29.4. The van der Waals surface area contributed by atoms with Crippen molar-refractivity contribution in [1.29, 1.82) is 0 Å². The molecule has 2 atom stereocenters. The summed E-state index contributed by atoms with van der Waals surface area (Å²) in [6.07, 6.45) is 0.313. The fraction of sp³-hybridized carbons (Fsp3) is 0.154. The van der Waals surface area contributed by atoms with E-state index in [0.717, 1.165) is 22.9 Å². The number of nitrogens with zero attached hydrogens (tertiary/aromatic N) is 3. The van der Waals surface area contributed by atoms with Crippen molar-refractivity contribution in [3.63, 3.8) is 0 Å². The number of para-hydroxylation sites is 1. The lowest BCUT2D eigenvalue weighted by Gasteiger charge is -2.23. The number of carbonyl (C=O) groups excluding carboxylic acids is 2. The number of anilines is 1. The van der Waals surface area contributed by atoms with E-state index in [1.165, 1.54) is 30.3 Å². The van der Waals surface area contributed by atoms with Gasteiger partial charge in [-0.15, -0.1) is 0 Å². The Balaban J connectivity index is 1.36. The molecule has 6 nitrogen and oxygen atoms in total. The molecule has 5 rings (SSSR count). The maximum atomic E-state index is 13.9. The molecule has 0 unspecified atom stereocenters. The van der Waals surface area contributed by atoms with Crippen molar-refractivity contribution in [2.45, 2.75) is 24.1 Å². The molecule has 0 spiro atoms. The number of amides is 2. The van der Waals surface area contributed by atoms with Gasteiger partial charge in [0.2, 0.25) is 5.91 Å². The number of rotatable bonds is 5. The van der Waals surface area contributed by atoms with Gasteiger partial charge in [0.15, 0.2) is 5.17 Å². The first-order valence-electron chi connectivity index (χ1n) is 11.1. The third-order valence-corrected chi connectivity index (χ3v) is 7.14. The molecule has 0 aliphatic carbocycles. The van der Waals surface area contributed by atoms with Gasteiger partial charge in [-0.05, 0) is 47.5 Å². The van der Waals surface area contributed by atoms with E-state index >= 15 is 0 Å². The molecule has 36 heavy (non-hydrogen) atoms. The predicted molar refractivity (Wildman–Crippen MR) is 137 cm³/mol. The van der Waals surface area contributed by atoms with Crippen molar-refractivity contribution in [2.24, 2.45) is 10.1 Å². The van der Waals surface area contributed by atoms with Crippen LogP contribution in [-0.2, 0) is 9.59 Å². The quantitative estimate of drug-likeness (QED) is 0.458. The minimum absolute atomic E-state index is 0.0493. The average molecular weight is 525 g/mol.